The topological polar surface area (TPSA) is 69.2 Å². The highest BCUT2D eigenvalue weighted by atomic mass is 16.3. The first-order valence-electron chi connectivity index (χ1n) is 5.20. The molecule has 82 valence electrons. The minimum Gasteiger partial charge on any atom is -0.394 e. The van der Waals surface area contributed by atoms with Crippen LogP contribution in [0.5, 0.6) is 0 Å². The molecule has 1 atom stereocenters. The van der Waals surface area contributed by atoms with Crippen LogP contribution in [0.2, 0.25) is 0 Å². The van der Waals surface area contributed by atoms with E-state index in [1.807, 2.05) is 0 Å². The Kier molecular flexibility index (Phi) is 3.01. The summed E-state index contributed by atoms with van der Waals surface area (Å²) in [5.74, 6) is 0.0656. The molecule has 15 heavy (non-hydrogen) atoms. The Hall–Kier alpha value is -1.36. The summed E-state index contributed by atoms with van der Waals surface area (Å²) >= 11 is 0. The lowest BCUT2D eigenvalue weighted by atomic mass is 10.2. The Morgan fingerprint density at radius 2 is 2.60 bits per heavy atom. The zero-order valence-electron chi connectivity index (χ0n) is 8.52. The molecule has 0 spiro atoms. The zero-order chi connectivity index (χ0) is 10.7. The van der Waals surface area contributed by atoms with Gasteiger partial charge in [0.2, 0.25) is 5.91 Å². The SMILES string of the molecule is O=C(Cc1ccn[nH]1)N1CCC[C@@H]1CO. The molecule has 1 saturated heterocycles. The molecule has 0 bridgehead atoms. The molecule has 0 saturated carbocycles. The lowest BCUT2D eigenvalue weighted by molar-refractivity contribution is -0.132. The predicted octanol–water partition coefficient (Wildman–Crippen LogP) is -0.0645. The van der Waals surface area contributed by atoms with E-state index in [9.17, 15) is 4.79 Å². The third-order valence-corrected chi connectivity index (χ3v) is 2.81. The highest BCUT2D eigenvalue weighted by Crippen LogP contribution is 2.17. The van der Waals surface area contributed by atoms with Crippen LogP contribution in [0.4, 0.5) is 0 Å². The third kappa shape index (κ3) is 2.18. The number of aromatic nitrogens is 2. The van der Waals surface area contributed by atoms with Crippen molar-refractivity contribution in [3.05, 3.63) is 18.0 Å². The number of nitrogens with zero attached hydrogens (tertiary/aromatic N) is 2. The summed E-state index contributed by atoms with van der Waals surface area (Å²) in [6.07, 6.45) is 3.87. The minimum absolute atomic E-state index is 0.0143. The van der Waals surface area contributed by atoms with Crippen molar-refractivity contribution in [2.75, 3.05) is 13.2 Å². The normalized spacial score (nSPS) is 20.9. The van der Waals surface area contributed by atoms with Gasteiger partial charge in [0.25, 0.3) is 0 Å². The second-order valence-corrected chi connectivity index (χ2v) is 3.82. The molecular weight excluding hydrogens is 194 g/mol. The average Bonchev–Trinajstić information content (AvgIpc) is 2.86. The van der Waals surface area contributed by atoms with Gasteiger partial charge in [-0.2, -0.15) is 5.10 Å². The number of hydrogen-bond acceptors (Lipinski definition) is 3. The van der Waals surface area contributed by atoms with Crippen molar-refractivity contribution in [1.29, 1.82) is 0 Å². The Labute approximate surface area is 88.1 Å². The maximum absolute atomic E-state index is 11.8. The molecule has 0 aliphatic carbocycles. The third-order valence-electron chi connectivity index (χ3n) is 2.81. The van der Waals surface area contributed by atoms with Gasteiger partial charge in [-0.3, -0.25) is 9.89 Å². The number of hydrogen-bond donors (Lipinski definition) is 2. The van der Waals surface area contributed by atoms with Crippen LogP contribution < -0.4 is 0 Å². The van der Waals surface area contributed by atoms with E-state index in [0.717, 1.165) is 25.1 Å². The number of amides is 1. The quantitative estimate of drug-likeness (QED) is 0.732. The van der Waals surface area contributed by atoms with Gasteiger partial charge < -0.3 is 10.0 Å². The molecule has 1 aliphatic rings. The van der Waals surface area contributed by atoms with Gasteiger partial charge >= 0.3 is 0 Å². The van der Waals surface area contributed by atoms with Crippen LogP contribution >= 0.6 is 0 Å². The average molecular weight is 209 g/mol. The maximum atomic E-state index is 11.8. The fraction of sp³-hybridized carbons (Fsp3) is 0.600. The summed E-state index contributed by atoms with van der Waals surface area (Å²) < 4.78 is 0. The van der Waals surface area contributed by atoms with Crippen LogP contribution in [0.3, 0.4) is 0 Å². The van der Waals surface area contributed by atoms with E-state index >= 15 is 0 Å². The first-order valence-corrected chi connectivity index (χ1v) is 5.20. The molecule has 2 rings (SSSR count). The van der Waals surface area contributed by atoms with E-state index in [1.165, 1.54) is 0 Å². The predicted molar refractivity (Wildman–Crippen MR) is 54.1 cm³/mol. The first-order chi connectivity index (χ1) is 7.31. The number of aliphatic hydroxyl groups is 1. The van der Waals surface area contributed by atoms with Gasteiger partial charge in [0.1, 0.15) is 0 Å². The van der Waals surface area contributed by atoms with Crippen LogP contribution in [-0.2, 0) is 11.2 Å². The Bertz CT molecular complexity index is 323. The van der Waals surface area contributed by atoms with Crippen molar-refractivity contribution in [2.45, 2.75) is 25.3 Å². The lowest BCUT2D eigenvalue weighted by Crippen LogP contribution is -2.38. The number of aromatic amines is 1. The van der Waals surface area contributed by atoms with Crippen LogP contribution in [0.25, 0.3) is 0 Å². The molecule has 5 heteroatoms. The van der Waals surface area contributed by atoms with Crippen molar-refractivity contribution in [3.63, 3.8) is 0 Å². The molecule has 0 unspecified atom stereocenters. The molecule has 1 aromatic rings. The van der Waals surface area contributed by atoms with Crippen LogP contribution in [0, 0.1) is 0 Å². The number of likely N-dealkylation sites (tertiary alicyclic amines) is 1. The summed E-state index contributed by atoms with van der Waals surface area (Å²) in [6, 6.07) is 1.81. The number of nitrogens with one attached hydrogen (secondary N) is 1. The Morgan fingerprint density at radius 1 is 1.73 bits per heavy atom. The molecule has 1 aromatic heterocycles. The van der Waals surface area contributed by atoms with E-state index < -0.39 is 0 Å². The molecule has 2 heterocycles. The van der Waals surface area contributed by atoms with Crippen LogP contribution in [0.1, 0.15) is 18.5 Å². The molecule has 0 aromatic carbocycles. The van der Waals surface area contributed by atoms with E-state index in [4.69, 9.17) is 5.11 Å². The van der Waals surface area contributed by atoms with E-state index in [0.29, 0.717) is 6.42 Å². The maximum Gasteiger partial charge on any atom is 0.228 e. The van der Waals surface area contributed by atoms with Crippen molar-refractivity contribution in [2.24, 2.45) is 0 Å². The standard InChI is InChI=1S/C10H15N3O2/c14-7-9-2-1-5-13(9)10(15)6-8-3-4-11-12-8/h3-4,9,14H,1-2,5-7H2,(H,11,12)/t9-/m1/s1. The van der Waals surface area contributed by atoms with Gasteiger partial charge in [-0.05, 0) is 18.9 Å². The number of carbonyl (C=O) groups excluding carboxylic acids is 1. The van der Waals surface area contributed by atoms with Crippen molar-refractivity contribution in [1.82, 2.24) is 15.1 Å². The minimum atomic E-state index is 0.0143. The van der Waals surface area contributed by atoms with E-state index in [1.54, 1.807) is 17.2 Å². The molecule has 1 aliphatic heterocycles. The van der Waals surface area contributed by atoms with Gasteiger partial charge in [0, 0.05) is 18.4 Å². The summed E-state index contributed by atoms with van der Waals surface area (Å²) in [4.78, 5) is 13.6. The van der Waals surface area contributed by atoms with Gasteiger partial charge in [0.05, 0.1) is 19.1 Å². The molecule has 5 nitrogen and oxygen atoms in total. The number of carbonyl (C=O) groups is 1. The summed E-state index contributed by atoms with van der Waals surface area (Å²) in [6.45, 7) is 0.826. The van der Waals surface area contributed by atoms with Crippen LogP contribution in [-0.4, -0.2) is 45.3 Å². The Morgan fingerprint density at radius 3 is 3.27 bits per heavy atom. The van der Waals surface area contributed by atoms with E-state index in [-0.39, 0.29) is 18.6 Å². The molecule has 2 N–H and O–H groups in total. The fourth-order valence-electron chi connectivity index (χ4n) is 2.00. The number of H-pyrrole nitrogens is 1. The number of rotatable bonds is 3. The summed E-state index contributed by atoms with van der Waals surface area (Å²) in [5, 5.41) is 15.7. The fourth-order valence-corrected chi connectivity index (χ4v) is 2.00. The second-order valence-electron chi connectivity index (χ2n) is 3.82. The zero-order valence-corrected chi connectivity index (χ0v) is 8.52. The highest BCUT2D eigenvalue weighted by molar-refractivity contribution is 5.78. The summed E-state index contributed by atoms with van der Waals surface area (Å²) in [7, 11) is 0. The first kappa shape index (κ1) is 10.2. The van der Waals surface area contributed by atoms with Gasteiger partial charge in [0.15, 0.2) is 0 Å². The smallest absolute Gasteiger partial charge is 0.228 e. The van der Waals surface area contributed by atoms with Crippen molar-refractivity contribution in [3.8, 4) is 0 Å². The van der Waals surface area contributed by atoms with Crippen molar-refractivity contribution < 1.29 is 9.90 Å². The highest BCUT2D eigenvalue weighted by Gasteiger charge is 2.27. The monoisotopic (exact) mass is 209 g/mol. The second kappa shape index (κ2) is 4.44. The Balaban J connectivity index is 1.96. The molecule has 1 amide bonds. The number of aliphatic hydroxyl groups excluding tert-OH is 1. The van der Waals surface area contributed by atoms with Gasteiger partial charge in [-0.25, -0.2) is 0 Å². The van der Waals surface area contributed by atoms with Crippen LogP contribution in [0.15, 0.2) is 12.3 Å². The van der Waals surface area contributed by atoms with E-state index in [2.05, 4.69) is 10.2 Å². The van der Waals surface area contributed by atoms with Gasteiger partial charge in [-0.1, -0.05) is 0 Å². The molecule has 0 radical (unpaired) electrons. The van der Waals surface area contributed by atoms with Crippen molar-refractivity contribution >= 4 is 5.91 Å². The molecule has 1 fully saturated rings. The largest absolute Gasteiger partial charge is 0.394 e. The lowest BCUT2D eigenvalue weighted by Gasteiger charge is -2.22. The van der Waals surface area contributed by atoms with Gasteiger partial charge in [-0.15, -0.1) is 0 Å². The summed E-state index contributed by atoms with van der Waals surface area (Å²) in [5.41, 5.74) is 0.823. The molecular formula is C10H15N3O2.